The zero-order valence-electron chi connectivity index (χ0n) is 15.2. The molecular formula is C21H26FN3O. The Morgan fingerprint density at radius 2 is 1.92 bits per heavy atom. The molecule has 1 saturated carbocycles. The van der Waals surface area contributed by atoms with Crippen molar-refractivity contribution in [2.75, 3.05) is 37.6 Å². The maximum Gasteiger partial charge on any atom is 0.180 e. The molecule has 1 aliphatic carbocycles. The summed E-state index contributed by atoms with van der Waals surface area (Å²) >= 11 is 0. The molecule has 0 unspecified atom stereocenters. The molecule has 1 aromatic heterocycles. The van der Waals surface area contributed by atoms with Crippen LogP contribution in [0, 0.1) is 30.0 Å². The monoisotopic (exact) mass is 355 g/mol. The molecule has 0 spiro atoms. The van der Waals surface area contributed by atoms with Crippen molar-refractivity contribution >= 4 is 16.8 Å². The van der Waals surface area contributed by atoms with Crippen molar-refractivity contribution in [1.29, 1.82) is 0 Å². The molecule has 0 bridgehead atoms. The van der Waals surface area contributed by atoms with Gasteiger partial charge in [0.1, 0.15) is 5.82 Å². The van der Waals surface area contributed by atoms with E-state index in [0.29, 0.717) is 11.5 Å². The highest BCUT2D eigenvalue weighted by Crippen LogP contribution is 2.31. The van der Waals surface area contributed by atoms with Crippen LogP contribution in [0.2, 0.25) is 0 Å². The summed E-state index contributed by atoms with van der Waals surface area (Å²) in [5.74, 6) is 4.78. The van der Waals surface area contributed by atoms with Crippen LogP contribution in [-0.2, 0) is 0 Å². The summed E-state index contributed by atoms with van der Waals surface area (Å²) in [6.07, 6.45) is 11.8. The fraction of sp³-hybridized carbons (Fsp3) is 0.571. The molecule has 4 nitrogen and oxygen atoms in total. The molecule has 1 saturated heterocycles. The van der Waals surface area contributed by atoms with E-state index in [0.717, 1.165) is 49.8 Å². The van der Waals surface area contributed by atoms with Crippen LogP contribution in [0.3, 0.4) is 0 Å². The SMILES string of the molecule is C#C[C@H]1CC[C@H](CCN2CCN(c3noc4ccc(F)cc34)CC2)CC1. The molecule has 0 N–H and O–H groups in total. The maximum absolute atomic E-state index is 13.5. The molecular weight excluding hydrogens is 329 g/mol. The first kappa shape index (κ1) is 17.4. The van der Waals surface area contributed by atoms with Gasteiger partial charge < -0.3 is 9.42 Å². The zero-order valence-corrected chi connectivity index (χ0v) is 15.2. The lowest BCUT2D eigenvalue weighted by Crippen LogP contribution is -2.47. The first-order chi connectivity index (χ1) is 12.7. The maximum atomic E-state index is 13.5. The van der Waals surface area contributed by atoms with Crippen LogP contribution in [0.5, 0.6) is 0 Å². The summed E-state index contributed by atoms with van der Waals surface area (Å²) in [7, 11) is 0. The Labute approximate surface area is 154 Å². The summed E-state index contributed by atoms with van der Waals surface area (Å²) < 4.78 is 18.9. The first-order valence-corrected chi connectivity index (χ1v) is 9.71. The normalized spacial score (nSPS) is 24.7. The molecule has 1 aromatic carbocycles. The molecule has 4 rings (SSSR count). The van der Waals surface area contributed by atoms with E-state index in [1.54, 1.807) is 6.07 Å². The Balaban J connectivity index is 1.28. The second-order valence-electron chi connectivity index (χ2n) is 7.65. The lowest BCUT2D eigenvalue weighted by atomic mass is 9.81. The molecule has 26 heavy (non-hydrogen) atoms. The average molecular weight is 355 g/mol. The van der Waals surface area contributed by atoms with Gasteiger partial charge >= 0.3 is 0 Å². The van der Waals surface area contributed by atoms with E-state index in [-0.39, 0.29) is 5.82 Å². The van der Waals surface area contributed by atoms with E-state index >= 15 is 0 Å². The van der Waals surface area contributed by atoms with E-state index in [1.165, 1.54) is 44.2 Å². The van der Waals surface area contributed by atoms with Gasteiger partial charge in [0.15, 0.2) is 11.4 Å². The van der Waals surface area contributed by atoms with Crippen molar-refractivity contribution in [3.8, 4) is 12.3 Å². The van der Waals surface area contributed by atoms with Gasteiger partial charge in [-0.05, 0) is 62.8 Å². The van der Waals surface area contributed by atoms with Crippen LogP contribution in [-0.4, -0.2) is 42.8 Å². The van der Waals surface area contributed by atoms with Gasteiger partial charge in [-0.25, -0.2) is 4.39 Å². The lowest BCUT2D eigenvalue weighted by molar-refractivity contribution is 0.214. The van der Waals surface area contributed by atoms with Crippen molar-refractivity contribution in [2.45, 2.75) is 32.1 Å². The Morgan fingerprint density at radius 1 is 1.15 bits per heavy atom. The van der Waals surface area contributed by atoms with E-state index < -0.39 is 0 Å². The third kappa shape index (κ3) is 3.71. The smallest absolute Gasteiger partial charge is 0.180 e. The first-order valence-electron chi connectivity index (χ1n) is 9.71. The van der Waals surface area contributed by atoms with E-state index in [1.807, 2.05) is 0 Å². The number of anilines is 1. The molecule has 5 heteroatoms. The highest BCUT2D eigenvalue weighted by Gasteiger charge is 2.24. The summed E-state index contributed by atoms with van der Waals surface area (Å²) in [5, 5.41) is 4.94. The minimum atomic E-state index is -0.250. The fourth-order valence-electron chi connectivity index (χ4n) is 4.29. The third-order valence-electron chi connectivity index (χ3n) is 6.02. The Kier molecular flexibility index (Phi) is 5.12. The summed E-state index contributed by atoms with van der Waals surface area (Å²) in [6, 6.07) is 4.57. The number of halogens is 1. The fourth-order valence-corrected chi connectivity index (χ4v) is 4.29. The van der Waals surface area contributed by atoms with Gasteiger partial charge in [-0.3, -0.25) is 4.90 Å². The van der Waals surface area contributed by atoms with Gasteiger partial charge in [-0.15, -0.1) is 12.3 Å². The number of benzene rings is 1. The third-order valence-corrected chi connectivity index (χ3v) is 6.02. The average Bonchev–Trinajstić information content (AvgIpc) is 3.10. The number of aromatic nitrogens is 1. The van der Waals surface area contributed by atoms with Crippen LogP contribution >= 0.6 is 0 Å². The number of nitrogens with zero attached hydrogens (tertiary/aromatic N) is 3. The van der Waals surface area contributed by atoms with E-state index in [9.17, 15) is 4.39 Å². The van der Waals surface area contributed by atoms with Gasteiger partial charge in [0.05, 0.1) is 5.39 Å². The number of terminal acetylenes is 1. The Morgan fingerprint density at radius 3 is 2.65 bits per heavy atom. The van der Waals surface area contributed by atoms with Gasteiger partial charge in [0.25, 0.3) is 0 Å². The zero-order chi connectivity index (χ0) is 17.9. The minimum Gasteiger partial charge on any atom is -0.354 e. The highest BCUT2D eigenvalue weighted by molar-refractivity contribution is 5.88. The van der Waals surface area contributed by atoms with Crippen LogP contribution in [0.25, 0.3) is 11.0 Å². The van der Waals surface area contributed by atoms with Crippen LogP contribution in [0.1, 0.15) is 32.1 Å². The predicted molar refractivity (Wildman–Crippen MR) is 102 cm³/mol. The lowest BCUT2D eigenvalue weighted by Gasteiger charge is -2.36. The van der Waals surface area contributed by atoms with Crippen molar-refractivity contribution in [2.24, 2.45) is 11.8 Å². The molecule has 1 aliphatic heterocycles. The standard InChI is InChI=1S/C21H26FN3O/c1-2-16-3-5-17(6-4-16)9-10-24-11-13-25(14-12-24)21-19-15-18(22)7-8-20(19)26-23-21/h1,7-8,15-17H,3-6,9-14H2/t16-,17-. The van der Waals surface area contributed by atoms with Crippen molar-refractivity contribution in [3.05, 3.63) is 24.0 Å². The number of piperazine rings is 1. The summed E-state index contributed by atoms with van der Waals surface area (Å²) in [4.78, 5) is 4.74. The van der Waals surface area contributed by atoms with Gasteiger partial charge in [0.2, 0.25) is 0 Å². The number of rotatable bonds is 4. The molecule has 2 fully saturated rings. The van der Waals surface area contributed by atoms with E-state index in [2.05, 4.69) is 20.9 Å². The van der Waals surface area contributed by atoms with Crippen LogP contribution < -0.4 is 4.90 Å². The molecule has 0 radical (unpaired) electrons. The molecule has 2 heterocycles. The molecule has 2 aromatic rings. The second-order valence-corrected chi connectivity index (χ2v) is 7.65. The number of fused-ring (bicyclic) bond motifs is 1. The van der Waals surface area contributed by atoms with Crippen molar-refractivity contribution < 1.29 is 8.91 Å². The highest BCUT2D eigenvalue weighted by atomic mass is 19.1. The predicted octanol–water partition coefficient (Wildman–Crippen LogP) is 3.92. The number of hydrogen-bond donors (Lipinski definition) is 0. The van der Waals surface area contributed by atoms with E-state index in [4.69, 9.17) is 10.9 Å². The van der Waals surface area contributed by atoms with Crippen LogP contribution in [0.15, 0.2) is 22.7 Å². The second kappa shape index (κ2) is 7.67. The Hall–Kier alpha value is -2.06. The molecule has 0 amide bonds. The summed E-state index contributed by atoms with van der Waals surface area (Å²) in [6.45, 7) is 5.00. The quantitative estimate of drug-likeness (QED) is 0.778. The van der Waals surface area contributed by atoms with Crippen molar-refractivity contribution in [3.63, 3.8) is 0 Å². The molecule has 2 aliphatic rings. The topological polar surface area (TPSA) is 32.5 Å². The van der Waals surface area contributed by atoms with Gasteiger partial charge in [-0.2, -0.15) is 0 Å². The molecule has 0 atom stereocenters. The van der Waals surface area contributed by atoms with Gasteiger partial charge in [-0.1, -0.05) is 5.16 Å². The number of hydrogen-bond acceptors (Lipinski definition) is 4. The minimum absolute atomic E-state index is 0.250. The largest absolute Gasteiger partial charge is 0.354 e. The van der Waals surface area contributed by atoms with Crippen LogP contribution in [0.4, 0.5) is 10.2 Å². The Bertz CT molecular complexity index is 780. The summed E-state index contributed by atoms with van der Waals surface area (Å²) in [5.41, 5.74) is 0.645. The van der Waals surface area contributed by atoms with Crippen molar-refractivity contribution in [1.82, 2.24) is 10.1 Å². The van der Waals surface area contributed by atoms with Gasteiger partial charge in [0, 0.05) is 32.1 Å². The molecule has 138 valence electrons.